The smallest absolute Gasteiger partial charge is 0.198 e. The molecule has 0 saturated heterocycles. The molecule has 2 rings (SSSR count). The maximum atomic E-state index is 14.1. The maximum Gasteiger partial charge on any atom is 0.198 e. The molecule has 2 aromatic rings. The van der Waals surface area contributed by atoms with Crippen molar-refractivity contribution in [2.24, 2.45) is 0 Å². The fourth-order valence-electron chi connectivity index (χ4n) is 1.98. The fraction of sp³-hybridized carbons (Fsp3) is 0. The van der Waals surface area contributed by atoms with E-state index in [9.17, 15) is 13.6 Å². The topological polar surface area (TPSA) is 90.7 Å². The van der Waals surface area contributed by atoms with Crippen LogP contribution in [0.25, 0.3) is 0 Å². The van der Waals surface area contributed by atoms with E-state index in [0.717, 1.165) is 30.5 Å². The normalized spacial score (nSPS) is 10.1. The van der Waals surface area contributed by atoms with Crippen LogP contribution in [-0.4, -0.2) is 12.0 Å². The van der Waals surface area contributed by atoms with E-state index in [1.807, 2.05) is 0 Å². The van der Waals surface area contributed by atoms with Crippen LogP contribution in [0, 0.1) is 28.4 Å². The van der Waals surface area contributed by atoms with Crippen LogP contribution in [0.5, 0.6) is 0 Å². The maximum absolute atomic E-state index is 14.1. The molecule has 0 spiro atoms. The van der Waals surface area contributed by atoms with Gasteiger partial charge in [0.25, 0.3) is 0 Å². The van der Waals surface area contributed by atoms with E-state index in [1.54, 1.807) is 6.07 Å². The Morgan fingerprint density at radius 3 is 2.64 bits per heavy atom. The minimum atomic E-state index is -1.04. The number of anilines is 1. The van der Waals surface area contributed by atoms with Crippen LogP contribution in [0.3, 0.4) is 0 Å². The van der Waals surface area contributed by atoms with Gasteiger partial charge >= 0.3 is 0 Å². The Labute approximate surface area is 129 Å². The molecule has 4 nitrogen and oxygen atoms in total. The van der Waals surface area contributed by atoms with E-state index in [2.05, 4.69) is 0 Å². The van der Waals surface area contributed by atoms with Crippen LogP contribution < -0.4 is 5.73 Å². The summed E-state index contributed by atoms with van der Waals surface area (Å²) in [4.78, 5) is 12.4. The Balaban J connectivity index is 2.77. The van der Waals surface area contributed by atoms with Crippen LogP contribution in [0.1, 0.15) is 27.0 Å². The molecule has 0 heterocycles. The molecular weight excluding hydrogens is 312 g/mol. The number of benzene rings is 2. The number of nitrogens with one attached hydrogen (secondary N) is 1. The highest BCUT2D eigenvalue weighted by Gasteiger charge is 2.24. The number of halogens is 3. The molecule has 0 aromatic heterocycles. The van der Waals surface area contributed by atoms with E-state index in [4.69, 9.17) is 28.0 Å². The Kier molecular flexibility index (Phi) is 4.20. The fourth-order valence-corrected chi connectivity index (χ4v) is 2.19. The SMILES string of the molecule is N#Cc1c(C=N)c(N)cc(F)c1C(=O)c1cc(F)ccc1Cl. The second-order valence-corrected chi connectivity index (χ2v) is 4.73. The van der Waals surface area contributed by atoms with Crippen LogP contribution in [0.4, 0.5) is 14.5 Å². The molecule has 0 bridgehead atoms. The van der Waals surface area contributed by atoms with Crippen molar-refractivity contribution in [3.8, 4) is 6.07 Å². The molecule has 0 unspecified atom stereocenters. The van der Waals surface area contributed by atoms with Gasteiger partial charge in [0.2, 0.25) is 0 Å². The van der Waals surface area contributed by atoms with E-state index >= 15 is 0 Å². The van der Waals surface area contributed by atoms with E-state index in [-0.39, 0.29) is 21.8 Å². The number of rotatable bonds is 3. The van der Waals surface area contributed by atoms with Gasteiger partial charge < -0.3 is 11.1 Å². The van der Waals surface area contributed by atoms with Crippen molar-refractivity contribution in [3.05, 3.63) is 63.2 Å². The van der Waals surface area contributed by atoms with Crippen molar-refractivity contribution < 1.29 is 13.6 Å². The standard InChI is InChI=1S/C15H8ClF2N3O/c16-11-2-1-7(17)3-8(11)15(22)14-10(6-20)9(5-19)13(21)4-12(14)18/h1-5,19H,21H2. The number of nitrogens with two attached hydrogens (primary N) is 1. The lowest BCUT2D eigenvalue weighted by atomic mass is 9.94. The number of ketones is 1. The first-order valence-corrected chi connectivity index (χ1v) is 6.30. The summed E-state index contributed by atoms with van der Waals surface area (Å²) in [5.74, 6) is -2.72. The molecule has 110 valence electrons. The van der Waals surface area contributed by atoms with Crippen LogP contribution in [-0.2, 0) is 0 Å². The minimum Gasteiger partial charge on any atom is -0.398 e. The first-order chi connectivity index (χ1) is 10.4. The van der Waals surface area contributed by atoms with Gasteiger partial charge in [-0.3, -0.25) is 4.79 Å². The van der Waals surface area contributed by atoms with Gasteiger partial charge in [0.05, 0.1) is 16.1 Å². The lowest BCUT2D eigenvalue weighted by Gasteiger charge is -2.11. The van der Waals surface area contributed by atoms with Gasteiger partial charge in [0.15, 0.2) is 5.78 Å². The minimum absolute atomic E-state index is 0.0806. The Morgan fingerprint density at radius 2 is 2.05 bits per heavy atom. The highest BCUT2D eigenvalue weighted by Crippen LogP contribution is 2.28. The Bertz CT molecular complexity index is 844. The van der Waals surface area contributed by atoms with Crippen molar-refractivity contribution in [2.45, 2.75) is 0 Å². The molecule has 0 aliphatic carbocycles. The third kappa shape index (κ3) is 2.54. The summed E-state index contributed by atoms with van der Waals surface area (Å²) in [6.45, 7) is 0. The van der Waals surface area contributed by atoms with Crippen molar-refractivity contribution in [3.63, 3.8) is 0 Å². The third-order valence-electron chi connectivity index (χ3n) is 3.01. The number of hydrogen-bond donors (Lipinski definition) is 2. The van der Waals surface area contributed by atoms with Gasteiger partial charge in [-0.2, -0.15) is 5.26 Å². The number of hydrogen-bond acceptors (Lipinski definition) is 4. The average Bonchev–Trinajstić information content (AvgIpc) is 2.48. The summed E-state index contributed by atoms with van der Waals surface area (Å²) >= 11 is 5.83. The highest BCUT2D eigenvalue weighted by atomic mass is 35.5. The van der Waals surface area contributed by atoms with Crippen molar-refractivity contribution in [1.29, 1.82) is 10.7 Å². The number of nitrogen functional groups attached to an aromatic ring is 1. The van der Waals surface area contributed by atoms with E-state index in [0.29, 0.717) is 0 Å². The second-order valence-electron chi connectivity index (χ2n) is 4.32. The molecule has 0 aliphatic rings. The van der Waals surface area contributed by atoms with Crippen molar-refractivity contribution in [1.82, 2.24) is 0 Å². The van der Waals surface area contributed by atoms with Gasteiger partial charge in [-0.05, 0) is 24.3 Å². The summed E-state index contributed by atoms with van der Waals surface area (Å²) in [7, 11) is 0. The molecular formula is C15H8ClF2N3O. The number of nitrogens with zero attached hydrogens (tertiary/aromatic N) is 1. The van der Waals surface area contributed by atoms with Gasteiger partial charge in [-0.25, -0.2) is 8.78 Å². The zero-order valence-electron chi connectivity index (χ0n) is 11.0. The van der Waals surface area contributed by atoms with Gasteiger partial charge in [0.1, 0.15) is 17.7 Å². The third-order valence-corrected chi connectivity index (χ3v) is 3.34. The Hall–Kier alpha value is -2.78. The van der Waals surface area contributed by atoms with Gasteiger partial charge in [-0.1, -0.05) is 11.6 Å². The number of carbonyl (C=O) groups excluding carboxylic acids is 1. The summed E-state index contributed by atoms with van der Waals surface area (Å²) in [6.07, 6.45) is 0.747. The molecule has 0 atom stereocenters. The van der Waals surface area contributed by atoms with Crippen molar-refractivity contribution in [2.75, 3.05) is 5.73 Å². The monoisotopic (exact) mass is 319 g/mol. The molecule has 0 aliphatic heterocycles. The van der Waals surface area contributed by atoms with E-state index in [1.165, 1.54) is 0 Å². The predicted molar refractivity (Wildman–Crippen MR) is 78.3 cm³/mol. The van der Waals surface area contributed by atoms with Crippen LogP contribution in [0.15, 0.2) is 24.3 Å². The van der Waals surface area contributed by atoms with Gasteiger partial charge in [0, 0.05) is 23.0 Å². The molecule has 2 aromatic carbocycles. The predicted octanol–water partition coefficient (Wildman–Crippen LogP) is 3.30. The van der Waals surface area contributed by atoms with Crippen molar-refractivity contribution >= 4 is 29.3 Å². The molecule has 7 heteroatoms. The lowest BCUT2D eigenvalue weighted by molar-refractivity contribution is 0.103. The van der Waals surface area contributed by atoms with Crippen LogP contribution >= 0.6 is 11.6 Å². The number of carbonyl (C=O) groups is 1. The molecule has 0 fully saturated rings. The quantitative estimate of drug-likeness (QED) is 0.516. The summed E-state index contributed by atoms with van der Waals surface area (Å²) in [5, 5.41) is 16.3. The molecule has 22 heavy (non-hydrogen) atoms. The Morgan fingerprint density at radius 1 is 1.36 bits per heavy atom. The molecule has 3 N–H and O–H groups in total. The summed E-state index contributed by atoms with van der Waals surface area (Å²) in [6, 6.07) is 5.54. The second kappa shape index (κ2) is 5.92. The summed E-state index contributed by atoms with van der Waals surface area (Å²) < 4.78 is 27.4. The van der Waals surface area contributed by atoms with Gasteiger partial charge in [-0.15, -0.1) is 0 Å². The largest absolute Gasteiger partial charge is 0.398 e. The zero-order chi connectivity index (χ0) is 16.4. The summed E-state index contributed by atoms with van der Waals surface area (Å²) in [5.41, 5.74) is 4.03. The lowest BCUT2D eigenvalue weighted by Crippen LogP contribution is -2.12. The van der Waals surface area contributed by atoms with Crippen LogP contribution in [0.2, 0.25) is 5.02 Å². The number of nitriles is 1. The van der Waals surface area contributed by atoms with E-state index < -0.39 is 28.5 Å². The molecule has 0 saturated carbocycles. The zero-order valence-corrected chi connectivity index (χ0v) is 11.7. The first kappa shape index (κ1) is 15.6. The first-order valence-electron chi connectivity index (χ1n) is 5.93. The average molecular weight is 320 g/mol. The molecule has 0 amide bonds. The molecule has 0 radical (unpaired) electrons. The highest BCUT2D eigenvalue weighted by molar-refractivity contribution is 6.35.